The quantitative estimate of drug-likeness (QED) is 0.241. The first-order valence-corrected chi connectivity index (χ1v) is 12.7. The fraction of sp³-hybridized carbons (Fsp3) is 0.481. The maximum absolute atomic E-state index is 12.3. The van der Waals surface area contributed by atoms with Crippen LogP contribution in [-0.4, -0.2) is 64.0 Å². The number of anilines is 1. The summed E-state index contributed by atoms with van der Waals surface area (Å²) in [7, 11) is 0. The zero-order chi connectivity index (χ0) is 26.2. The van der Waals surface area contributed by atoms with Gasteiger partial charge in [-0.15, -0.1) is 0 Å². The van der Waals surface area contributed by atoms with Crippen LogP contribution in [0, 0.1) is 0 Å². The summed E-state index contributed by atoms with van der Waals surface area (Å²) in [6.45, 7) is 2.11. The van der Waals surface area contributed by atoms with Crippen molar-refractivity contribution in [2.24, 2.45) is 0 Å². The summed E-state index contributed by atoms with van der Waals surface area (Å²) in [5, 5.41) is 30.7. The first-order valence-electron chi connectivity index (χ1n) is 12.7. The second-order valence-electron chi connectivity index (χ2n) is 9.61. The molecule has 2 aliphatic heterocycles. The number of benzene rings is 2. The van der Waals surface area contributed by atoms with E-state index in [9.17, 15) is 19.8 Å². The van der Waals surface area contributed by atoms with Gasteiger partial charge >= 0.3 is 0 Å². The van der Waals surface area contributed by atoms with Crippen LogP contribution in [0.5, 0.6) is 0 Å². The predicted molar refractivity (Wildman–Crippen MR) is 134 cm³/mol. The van der Waals surface area contributed by atoms with E-state index in [-0.39, 0.29) is 43.7 Å². The van der Waals surface area contributed by atoms with Gasteiger partial charge in [0.25, 0.3) is 0 Å². The number of carbonyl (C=O) groups is 2. The lowest BCUT2D eigenvalue weighted by Crippen LogP contribution is -2.38. The van der Waals surface area contributed by atoms with E-state index in [1.165, 1.54) is 0 Å². The molecule has 0 radical (unpaired) electrons. The number of hydrogen-bond donors (Lipinski definition) is 5. The molecule has 2 saturated heterocycles. The van der Waals surface area contributed by atoms with Gasteiger partial charge in [0, 0.05) is 50.1 Å². The zero-order valence-corrected chi connectivity index (χ0v) is 20.7. The van der Waals surface area contributed by atoms with Gasteiger partial charge in [-0.2, -0.15) is 0 Å². The van der Waals surface area contributed by atoms with Crippen LogP contribution in [0.1, 0.15) is 61.2 Å². The molecule has 4 rings (SSSR count). The van der Waals surface area contributed by atoms with Crippen molar-refractivity contribution in [3.8, 4) is 0 Å². The molecule has 37 heavy (non-hydrogen) atoms. The average Bonchev–Trinajstić information content (AvgIpc) is 3.32. The van der Waals surface area contributed by atoms with Crippen LogP contribution >= 0.6 is 0 Å². The SMILES string of the molecule is O=C(CCCC(=O)Nc1cccc([C@H]2O[C@@H](CN3CC[C@H](O)C3)C[C@@H](c3ccc(CO)cc3)O2)c1)NO. The minimum absolute atomic E-state index is 0.0232. The molecule has 2 aliphatic rings. The van der Waals surface area contributed by atoms with Crippen LogP contribution in [0.4, 0.5) is 5.69 Å². The summed E-state index contributed by atoms with van der Waals surface area (Å²) in [5.41, 5.74) is 4.74. The molecule has 10 heteroatoms. The highest BCUT2D eigenvalue weighted by molar-refractivity contribution is 5.91. The van der Waals surface area contributed by atoms with Crippen molar-refractivity contribution < 1.29 is 34.5 Å². The number of carbonyl (C=O) groups excluding carboxylic acids is 2. The van der Waals surface area contributed by atoms with Crippen molar-refractivity contribution in [2.75, 3.05) is 25.0 Å². The Bertz CT molecular complexity index is 1050. The van der Waals surface area contributed by atoms with Crippen molar-refractivity contribution in [3.63, 3.8) is 0 Å². The monoisotopic (exact) mass is 513 g/mol. The van der Waals surface area contributed by atoms with Crippen molar-refractivity contribution in [3.05, 3.63) is 65.2 Å². The molecule has 0 unspecified atom stereocenters. The predicted octanol–water partition coefficient (Wildman–Crippen LogP) is 2.41. The maximum Gasteiger partial charge on any atom is 0.243 e. The first-order chi connectivity index (χ1) is 17.9. The molecule has 2 heterocycles. The number of hydrogen-bond acceptors (Lipinski definition) is 8. The maximum atomic E-state index is 12.3. The Labute approximate surface area is 216 Å². The molecular weight excluding hydrogens is 478 g/mol. The number of aliphatic hydroxyl groups is 2. The van der Waals surface area contributed by atoms with Crippen LogP contribution in [0.2, 0.25) is 0 Å². The normalized spacial score (nSPS) is 24.1. The Morgan fingerprint density at radius 3 is 2.51 bits per heavy atom. The molecule has 2 aromatic rings. The topological polar surface area (TPSA) is 141 Å². The second kappa shape index (κ2) is 13.1. The Balaban J connectivity index is 1.45. The van der Waals surface area contributed by atoms with Gasteiger partial charge in [-0.05, 0) is 36.1 Å². The van der Waals surface area contributed by atoms with Crippen LogP contribution in [0.25, 0.3) is 0 Å². The third kappa shape index (κ3) is 7.81. The molecule has 0 aliphatic carbocycles. The first kappa shape index (κ1) is 27.2. The van der Waals surface area contributed by atoms with Crippen molar-refractivity contribution in [1.29, 1.82) is 0 Å². The number of nitrogens with one attached hydrogen (secondary N) is 2. The Morgan fingerprint density at radius 2 is 1.81 bits per heavy atom. The smallest absolute Gasteiger partial charge is 0.243 e. The molecule has 200 valence electrons. The summed E-state index contributed by atoms with van der Waals surface area (Å²) >= 11 is 0. The van der Waals surface area contributed by atoms with E-state index in [4.69, 9.17) is 14.7 Å². The van der Waals surface area contributed by atoms with E-state index in [0.717, 1.165) is 29.7 Å². The Kier molecular flexibility index (Phi) is 9.62. The number of hydroxylamine groups is 1. The van der Waals surface area contributed by atoms with Crippen molar-refractivity contribution in [1.82, 2.24) is 10.4 Å². The number of aliphatic hydroxyl groups excluding tert-OH is 2. The number of rotatable bonds is 10. The Morgan fingerprint density at radius 1 is 1.03 bits per heavy atom. The minimum atomic E-state index is -0.654. The third-order valence-electron chi connectivity index (χ3n) is 6.70. The minimum Gasteiger partial charge on any atom is -0.392 e. The van der Waals surface area contributed by atoms with Crippen LogP contribution < -0.4 is 10.8 Å². The molecule has 0 saturated carbocycles. The summed E-state index contributed by atoms with van der Waals surface area (Å²) in [6.07, 6.45) is 0.617. The van der Waals surface area contributed by atoms with E-state index in [0.29, 0.717) is 31.6 Å². The molecule has 4 atom stereocenters. The van der Waals surface area contributed by atoms with E-state index >= 15 is 0 Å². The lowest BCUT2D eigenvalue weighted by Gasteiger charge is -2.38. The van der Waals surface area contributed by atoms with Gasteiger partial charge in [0.1, 0.15) is 0 Å². The standard InChI is InChI=1S/C27H35N3O7/c31-17-18-7-9-19(10-8-18)24-14-23(16-30-12-11-22(32)15-30)36-27(37-24)20-3-1-4-21(13-20)28-25(33)5-2-6-26(34)29-35/h1,3-4,7-10,13,22-24,27,31-32,35H,2,5-6,11-12,14-17H2,(H,28,33)(H,29,34)/t22-,23+,24-,27-/m0/s1. The highest BCUT2D eigenvalue weighted by Crippen LogP contribution is 2.39. The van der Waals surface area contributed by atoms with Gasteiger partial charge in [0.05, 0.1) is 24.9 Å². The fourth-order valence-electron chi connectivity index (χ4n) is 4.75. The zero-order valence-electron chi connectivity index (χ0n) is 20.7. The molecule has 2 aromatic carbocycles. The van der Waals surface area contributed by atoms with Gasteiger partial charge in [-0.1, -0.05) is 36.4 Å². The Hall–Kier alpha value is -2.86. The van der Waals surface area contributed by atoms with Gasteiger partial charge in [0.15, 0.2) is 6.29 Å². The van der Waals surface area contributed by atoms with Crippen molar-refractivity contribution >= 4 is 17.5 Å². The molecule has 2 fully saturated rings. The molecule has 2 amide bonds. The summed E-state index contributed by atoms with van der Waals surface area (Å²) in [6, 6.07) is 15.0. The summed E-state index contributed by atoms with van der Waals surface area (Å²) < 4.78 is 12.7. The molecule has 5 N–H and O–H groups in total. The molecule has 0 bridgehead atoms. The molecule has 10 nitrogen and oxygen atoms in total. The van der Waals surface area contributed by atoms with Gasteiger partial charge in [-0.25, -0.2) is 5.48 Å². The molecule has 0 spiro atoms. The third-order valence-corrected chi connectivity index (χ3v) is 6.70. The highest BCUT2D eigenvalue weighted by atomic mass is 16.7. The number of nitrogens with zero attached hydrogens (tertiary/aromatic N) is 1. The van der Waals surface area contributed by atoms with Gasteiger partial charge in [0.2, 0.25) is 11.8 Å². The lowest BCUT2D eigenvalue weighted by molar-refractivity contribution is -0.252. The highest BCUT2D eigenvalue weighted by Gasteiger charge is 2.34. The van der Waals surface area contributed by atoms with Gasteiger partial charge in [-0.3, -0.25) is 19.7 Å². The summed E-state index contributed by atoms with van der Waals surface area (Å²) in [4.78, 5) is 25.7. The number of β-amino-alcohol motifs (C(OH)–C–C–N with tert-alkyl or cyclic N) is 1. The van der Waals surface area contributed by atoms with Crippen LogP contribution in [0.3, 0.4) is 0 Å². The number of amides is 2. The van der Waals surface area contributed by atoms with E-state index in [1.807, 2.05) is 42.5 Å². The fourth-order valence-corrected chi connectivity index (χ4v) is 4.75. The lowest BCUT2D eigenvalue weighted by atomic mass is 9.99. The largest absolute Gasteiger partial charge is 0.392 e. The average molecular weight is 514 g/mol. The second-order valence-corrected chi connectivity index (χ2v) is 9.61. The van der Waals surface area contributed by atoms with E-state index in [1.54, 1.807) is 11.5 Å². The van der Waals surface area contributed by atoms with Crippen LogP contribution in [0.15, 0.2) is 48.5 Å². The summed E-state index contributed by atoms with van der Waals surface area (Å²) in [5.74, 6) is -0.763. The van der Waals surface area contributed by atoms with Gasteiger partial charge < -0.3 is 25.0 Å². The molecular formula is C27H35N3O7. The van der Waals surface area contributed by atoms with Crippen molar-refractivity contribution in [2.45, 2.75) is 63.3 Å². The van der Waals surface area contributed by atoms with Crippen LogP contribution in [-0.2, 0) is 25.7 Å². The number of likely N-dealkylation sites (tertiary alicyclic amines) is 1. The number of ether oxygens (including phenoxy) is 2. The molecule has 0 aromatic heterocycles. The van der Waals surface area contributed by atoms with E-state index in [2.05, 4.69) is 10.2 Å². The van der Waals surface area contributed by atoms with E-state index < -0.39 is 12.2 Å².